The molecule has 0 aliphatic carbocycles. The molecule has 3 rings (SSSR count). The first-order chi connectivity index (χ1) is 11.5. The molecule has 126 valence electrons. The normalized spacial score (nSPS) is 17.8. The fraction of sp³-hybridized carbons (Fsp3) is 0.316. The van der Waals surface area contributed by atoms with Gasteiger partial charge in [-0.1, -0.05) is 55.0 Å². The highest BCUT2D eigenvalue weighted by atomic mass is 32.2. The fourth-order valence-electron chi connectivity index (χ4n) is 2.89. The van der Waals surface area contributed by atoms with Gasteiger partial charge >= 0.3 is 0 Å². The van der Waals surface area contributed by atoms with Crippen molar-refractivity contribution >= 4 is 15.9 Å². The molecule has 1 aliphatic rings. The Morgan fingerprint density at radius 2 is 1.75 bits per heavy atom. The van der Waals surface area contributed by atoms with E-state index < -0.39 is 10.0 Å². The summed E-state index contributed by atoms with van der Waals surface area (Å²) >= 11 is 0. The third-order valence-corrected chi connectivity index (χ3v) is 6.01. The topological polar surface area (TPSA) is 49.7 Å². The summed E-state index contributed by atoms with van der Waals surface area (Å²) in [6.07, 6.45) is 1.52. The van der Waals surface area contributed by atoms with Crippen LogP contribution in [0.4, 0.5) is 0 Å². The molecule has 0 N–H and O–H groups in total. The molecule has 0 saturated heterocycles. The molecule has 1 heterocycles. The number of rotatable bonds is 5. The Morgan fingerprint density at radius 3 is 2.38 bits per heavy atom. The van der Waals surface area contributed by atoms with Crippen LogP contribution in [0.1, 0.15) is 36.9 Å². The highest BCUT2D eigenvalue weighted by molar-refractivity contribution is 7.89. The van der Waals surface area contributed by atoms with Gasteiger partial charge in [-0.15, -0.1) is 0 Å². The minimum Gasteiger partial charge on any atom is -0.262 e. The highest BCUT2D eigenvalue weighted by Gasteiger charge is 2.34. The molecule has 4 nitrogen and oxygen atoms in total. The van der Waals surface area contributed by atoms with E-state index in [-0.39, 0.29) is 6.04 Å². The molecular weight excluding hydrogens is 320 g/mol. The molecule has 0 radical (unpaired) electrons. The molecule has 1 atom stereocenters. The van der Waals surface area contributed by atoms with E-state index in [4.69, 9.17) is 4.99 Å². The van der Waals surface area contributed by atoms with E-state index in [2.05, 4.69) is 0 Å². The lowest BCUT2D eigenvalue weighted by molar-refractivity contribution is 0.516. The van der Waals surface area contributed by atoms with Crippen LogP contribution in [0.2, 0.25) is 0 Å². The van der Waals surface area contributed by atoms with Gasteiger partial charge in [-0.3, -0.25) is 9.30 Å². The van der Waals surface area contributed by atoms with Crippen LogP contribution < -0.4 is 0 Å². The quantitative estimate of drug-likeness (QED) is 0.826. The number of nitrogens with zero attached hydrogens (tertiary/aromatic N) is 2. The van der Waals surface area contributed by atoms with E-state index in [9.17, 15) is 8.42 Å². The predicted molar refractivity (Wildman–Crippen MR) is 96.6 cm³/mol. The summed E-state index contributed by atoms with van der Waals surface area (Å²) in [4.78, 5) is 5.03. The van der Waals surface area contributed by atoms with E-state index >= 15 is 0 Å². The number of amidine groups is 1. The molecule has 2 aromatic rings. The molecule has 0 spiro atoms. The Bertz CT molecular complexity index is 827. The Labute approximate surface area is 143 Å². The molecule has 24 heavy (non-hydrogen) atoms. The van der Waals surface area contributed by atoms with Crippen LogP contribution in [0, 0.1) is 6.92 Å². The average Bonchev–Trinajstić information content (AvgIpc) is 3.01. The third kappa shape index (κ3) is 3.22. The molecule has 5 heteroatoms. The maximum atomic E-state index is 13.1. The van der Waals surface area contributed by atoms with E-state index in [1.54, 1.807) is 12.1 Å². The SMILES string of the molecule is CCCC1=NC(c2ccccc2)CN1S(=O)(=O)c1ccc(C)cc1. The largest absolute Gasteiger partial charge is 0.265 e. The fourth-order valence-corrected chi connectivity index (χ4v) is 4.38. The van der Waals surface area contributed by atoms with Crippen molar-refractivity contribution in [1.29, 1.82) is 0 Å². The van der Waals surface area contributed by atoms with Gasteiger partial charge in [-0.2, -0.15) is 0 Å². The van der Waals surface area contributed by atoms with Crippen LogP contribution in [-0.2, 0) is 10.0 Å². The van der Waals surface area contributed by atoms with E-state index in [0.29, 0.717) is 23.7 Å². The summed E-state index contributed by atoms with van der Waals surface area (Å²) in [5.41, 5.74) is 2.09. The zero-order valence-corrected chi connectivity index (χ0v) is 14.8. The number of hydrogen-bond acceptors (Lipinski definition) is 3. The molecule has 0 amide bonds. The van der Waals surface area contributed by atoms with Gasteiger partial charge in [-0.05, 0) is 31.0 Å². The molecular formula is C19H22N2O2S. The number of hydrogen-bond donors (Lipinski definition) is 0. The Kier molecular flexibility index (Phi) is 4.71. The van der Waals surface area contributed by atoms with Gasteiger partial charge in [-0.25, -0.2) is 8.42 Å². The first-order valence-corrected chi connectivity index (χ1v) is 9.67. The maximum Gasteiger partial charge on any atom is 0.265 e. The Morgan fingerprint density at radius 1 is 1.08 bits per heavy atom. The molecule has 2 aromatic carbocycles. The molecule has 1 aliphatic heterocycles. The van der Waals surface area contributed by atoms with Crippen molar-refractivity contribution in [3.63, 3.8) is 0 Å². The summed E-state index contributed by atoms with van der Waals surface area (Å²) in [6.45, 7) is 4.35. The van der Waals surface area contributed by atoms with Gasteiger partial charge in [0.05, 0.1) is 17.5 Å². The summed E-state index contributed by atoms with van der Waals surface area (Å²) in [5, 5.41) is 0. The van der Waals surface area contributed by atoms with Crippen LogP contribution >= 0.6 is 0 Å². The molecule has 0 aromatic heterocycles. The second-order valence-corrected chi connectivity index (χ2v) is 7.93. The van der Waals surface area contributed by atoms with E-state index in [1.807, 2.05) is 56.3 Å². The van der Waals surface area contributed by atoms with Crippen LogP contribution in [-0.4, -0.2) is 25.1 Å². The molecule has 0 bridgehead atoms. The smallest absolute Gasteiger partial charge is 0.262 e. The van der Waals surface area contributed by atoms with Crippen LogP contribution in [0.25, 0.3) is 0 Å². The molecule has 1 unspecified atom stereocenters. The van der Waals surface area contributed by atoms with Crippen LogP contribution in [0.15, 0.2) is 64.5 Å². The van der Waals surface area contributed by atoms with Crippen LogP contribution in [0.5, 0.6) is 0 Å². The maximum absolute atomic E-state index is 13.1. The number of aliphatic imine (C=N–C) groups is 1. The lowest BCUT2D eigenvalue weighted by Gasteiger charge is -2.21. The van der Waals surface area contributed by atoms with Crippen molar-refractivity contribution in [1.82, 2.24) is 4.31 Å². The molecule has 0 saturated carbocycles. The van der Waals surface area contributed by atoms with Crippen molar-refractivity contribution in [2.45, 2.75) is 37.6 Å². The van der Waals surface area contributed by atoms with Gasteiger partial charge in [0.2, 0.25) is 0 Å². The second kappa shape index (κ2) is 6.77. The van der Waals surface area contributed by atoms with Gasteiger partial charge < -0.3 is 0 Å². The zero-order chi connectivity index (χ0) is 17.2. The van der Waals surface area contributed by atoms with Gasteiger partial charge in [0, 0.05) is 6.42 Å². The van der Waals surface area contributed by atoms with Gasteiger partial charge in [0.15, 0.2) is 0 Å². The first kappa shape index (κ1) is 16.7. The predicted octanol–water partition coefficient (Wildman–Crippen LogP) is 3.94. The summed E-state index contributed by atoms with van der Waals surface area (Å²) < 4.78 is 27.6. The van der Waals surface area contributed by atoms with Crippen molar-refractivity contribution < 1.29 is 8.42 Å². The summed E-state index contributed by atoms with van der Waals surface area (Å²) in [5.74, 6) is 0.659. The Hall–Kier alpha value is -2.14. The summed E-state index contributed by atoms with van der Waals surface area (Å²) in [6, 6.07) is 16.7. The van der Waals surface area contributed by atoms with E-state index in [1.165, 1.54) is 4.31 Å². The lowest BCUT2D eigenvalue weighted by Crippen LogP contribution is -2.34. The lowest BCUT2D eigenvalue weighted by atomic mass is 10.1. The number of sulfonamides is 1. The third-order valence-electron chi connectivity index (χ3n) is 4.20. The van der Waals surface area contributed by atoms with Gasteiger partial charge in [0.1, 0.15) is 5.84 Å². The van der Waals surface area contributed by atoms with Crippen molar-refractivity contribution in [2.24, 2.45) is 4.99 Å². The number of benzene rings is 2. The Balaban J connectivity index is 1.94. The minimum absolute atomic E-state index is 0.132. The van der Waals surface area contributed by atoms with Crippen LogP contribution in [0.3, 0.4) is 0 Å². The molecule has 0 fully saturated rings. The first-order valence-electron chi connectivity index (χ1n) is 8.23. The van der Waals surface area contributed by atoms with Gasteiger partial charge in [0.25, 0.3) is 10.0 Å². The minimum atomic E-state index is -3.57. The van der Waals surface area contributed by atoms with Crippen molar-refractivity contribution in [3.05, 3.63) is 65.7 Å². The zero-order valence-electron chi connectivity index (χ0n) is 14.0. The monoisotopic (exact) mass is 342 g/mol. The average molecular weight is 342 g/mol. The van der Waals surface area contributed by atoms with Crippen molar-refractivity contribution in [3.8, 4) is 0 Å². The number of aryl methyl sites for hydroxylation is 1. The second-order valence-electron chi connectivity index (χ2n) is 6.07. The summed E-state index contributed by atoms with van der Waals surface area (Å²) in [7, 11) is -3.57. The standard InChI is InChI=1S/C19H22N2O2S/c1-3-7-19-20-18(16-8-5-4-6-9-16)14-21(19)24(22,23)17-12-10-15(2)11-13-17/h4-6,8-13,18H,3,7,14H2,1-2H3. The van der Waals surface area contributed by atoms with E-state index in [0.717, 1.165) is 17.5 Å². The van der Waals surface area contributed by atoms with Crippen molar-refractivity contribution in [2.75, 3.05) is 6.54 Å². The highest BCUT2D eigenvalue weighted by Crippen LogP contribution is 2.30.